The van der Waals surface area contributed by atoms with Crippen molar-refractivity contribution in [3.63, 3.8) is 0 Å². The van der Waals surface area contributed by atoms with Gasteiger partial charge in [-0.1, -0.05) is 0 Å². The second kappa shape index (κ2) is 5.64. The predicted molar refractivity (Wildman–Crippen MR) is 68.7 cm³/mol. The maximum atomic E-state index is 11.9. The zero-order chi connectivity index (χ0) is 14.8. The number of ether oxygens (including phenoxy) is 1. The molecular weight excluding hydrogens is 264 g/mol. The van der Waals surface area contributed by atoms with Gasteiger partial charge in [-0.2, -0.15) is 0 Å². The van der Waals surface area contributed by atoms with Crippen molar-refractivity contribution in [1.29, 1.82) is 0 Å². The van der Waals surface area contributed by atoms with Crippen molar-refractivity contribution in [2.24, 2.45) is 0 Å². The zero-order valence-electron chi connectivity index (χ0n) is 11.5. The maximum absolute atomic E-state index is 11.9. The van der Waals surface area contributed by atoms with Gasteiger partial charge in [-0.05, 0) is 26.0 Å². The monoisotopic (exact) mass is 282 g/mol. The maximum Gasteiger partial charge on any atom is 0.325 e. The number of imide groups is 1. The van der Waals surface area contributed by atoms with Gasteiger partial charge >= 0.3 is 6.03 Å². The first-order chi connectivity index (χ1) is 9.40. The van der Waals surface area contributed by atoms with E-state index in [9.17, 15) is 14.7 Å². The topological polar surface area (TPSA) is 92.0 Å². The second-order valence-electron chi connectivity index (χ2n) is 5.22. The average molecular weight is 282 g/mol. The number of carbonyl (C=O) groups is 2. The Morgan fingerprint density at radius 2 is 2.25 bits per heavy atom. The van der Waals surface area contributed by atoms with E-state index < -0.39 is 17.7 Å². The van der Waals surface area contributed by atoms with Crippen LogP contribution in [-0.2, 0) is 16.1 Å². The van der Waals surface area contributed by atoms with Crippen LogP contribution in [0.5, 0.6) is 0 Å². The van der Waals surface area contributed by atoms with Crippen molar-refractivity contribution < 1.29 is 23.8 Å². The summed E-state index contributed by atoms with van der Waals surface area (Å²) in [5, 5.41) is 12.4. The van der Waals surface area contributed by atoms with E-state index >= 15 is 0 Å². The van der Waals surface area contributed by atoms with E-state index in [1.165, 1.54) is 6.26 Å². The number of furan rings is 1. The van der Waals surface area contributed by atoms with Crippen molar-refractivity contribution in [3.05, 3.63) is 24.2 Å². The van der Waals surface area contributed by atoms with Crippen molar-refractivity contribution in [1.82, 2.24) is 10.2 Å². The van der Waals surface area contributed by atoms with Crippen LogP contribution in [0.15, 0.2) is 22.8 Å². The van der Waals surface area contributed by atoms with Gasteiger partial charge in [0.25, 0.3) is 5.91 Å². The molecule has 0 unspecified atom stereocenters. The molecule has 1 aromatic rings. The molecule has 1 aliphatic rings. The van der Waals surface area contributed by atoms with Crippen molar-refractivity contribution in [3.8, 4) is 0 Å². The van der Waals surface area contributed by atoms with E-state index in [0.29, 0.717) is 5.76 Å². The fourth-order valence-corrected chi connectivity index (χ4v) is 1.94. The molecule has 1 saturated heterocycles. The number of aliphatic hydroxyl groups excluding tert-OH is 1. The molecule has 20 heavy (non-hydrogen) atoms. The van der Waals surface area contributed by atoms with Gasteiger partial charge in [-0.25, -0.2) is 4.79 Å². The molecule has 1 aliphatic heterocycles. The lowest BCUT2D eigenvalue weighted by Crippen LogP contribution is -2.42. The molecule has 0 bridgehead atoms. The lowest BCUT2D eigenvalue weighted by atomic mass is 10.1. The predicted octanol–water partition coefficient (Wildman–Crippen LogP) is 0.487. The van der Waals surface area contributed by atoms with Gasteiger partial charge in [0.15, 0.2) is 0 Å². The lowest BCUT2D eigenvalue weighted by molar-refractivity contribution is -0.131. The first kappa shape index (κ1) is 14.5. The van der Waals surface area contributed by atoms with E-state index in [-0.39, 0.29) is 25.7 Å². The normalized spacial score (nSPS) is 19.2. The SMILES string of the molecule is CC1(C)NC(=O)N(C[C@@H](O)COCc2ccco2)C1=O. The molecule has 2 N–H and O–H groups in total. The van der Waals surface area contributed by atoms with Crippen LogP contribution in [-0.4, -0.2) is 46.7 Å². The molecule has 2 rings (SSSR count). The number of nitrogens with one attached hydrogen (secondary N) is 1. The van der Waals surface area contributed by atoms with Crippen LogP contribution in [0.25, 0.3) is 0 Å². The van der Waals surface area contributed by atoms with Crippen molar-refractivity contribution in [2.75, 3.05) is 13.2 Å². The number of aliphatic hydroxyl groups is 1. The molecule has 7 heteroatoms. The molecule has 1 fully saturated rings. The number of hydrogen-bond acceptors (Lipinski definition) is 5. The van der Waals surface area contributed by atoms with E-state index in [1.807, 2.05) is 0 Å². The number of nitrogens with zero attached hydrogens (tertiary/aromatic N) is 1. The summed E-state index contributed by atoms with van der Waals surface area (Å²) in [5.41, 5.74) is -0.925. The molecule has 7 nitrogen and oxygen atoms in total. The van der Waals surface area contributed by atoms with E-state index in [1.54, 1.807) is 26.0 Å². The summed E-state index contributed by atoms with van der Waals surface area (Å²) < 4.78 is 10.3. The highest BCUT2D eigenvalue weighted by molar-refractivity contribution is 6.06. The van der Waals surface area contributed by atoms with Crippen LogP contribution in [0.4, 0.5) is 4.79 Å². The van der Waals surface area contributed by atoms with Crippen LogP contribution in [0.1, 0.15) is 19.6 Å². The Bertz CT molecular complexity index is 483. The smallest absolute Gasteiger partial charge is 0.325 e. The van der Waals surface area contributed by atoms with Gasteiger partial charge in [0.1, 0.15) is 17.9 Å². The Morgan fingerprint density at radius 1 is 1.50 bits per heavy atom. The van der Waals surface area contributed by atoms with E-state index in [4.69, 9.17) is 9.15 Å². The highest BCUT2D eigenvalue weighted by atomic mass is 16.5. The van der Waals surface area contributed by atoms with Crippen LogP contribution < -0.4 is 5.32 Å². The summed E-state index contributed by atoms with van der Waals surface area (Å²) in [6.07, 6.45) is 0.596. The molecule has 1 aromatic heterocycles. The molecule has 110 valence electrons. The minimum Gasteiger partial charge on any atom is -0.467 e. The van der Waals surface area contributed by atoms with Crippen molar-refractivity contribution in [2.45, 2.75) is 32.1 Å². The van der Waals surface area contributed by atoms with Crippen LogP contribution in [0, 0.1) is 0 Å². The first-order valence-electron chi connectivity index (χ1n) is 6.32. The Hall–Kier alpha value is -1.86. The summed E-state index contributed by atoms with van der Waals surface area (Å²) in [5.74, 6) is 0.293. The summed E-state index contributed by atoms with van der Waals surface area (Å²) in [4.78, 5) is 24.5. The Balaban J connectivity index is 1.78. The third-order valence-electron chi connectivity index (χ3n) is 2.97. The summed E-state index contributed by atoms with van der Waals surface area (Å²) in [6, 6.07) is 3.00. The largest absolute Gasteiger partial charge is 0.467 e. The number of carbonyl (C=O) groups excluding carboxylic acids is 2. The van der Waals surface area contributed by atoms with Gasteiger partial charge in [-0.15, -0.1) is 0 Å². The van der Waals surface area contributed by atoms with Crippen LogP contribution in [0.3, 0.4) is 0 Å². The molecule has 0 aromatic carbocycles. The number of urea groups is 1. The van der Waals surface area contributed by atoms with E-state index in [0.717, 1.165) is 4.90 Å². The fraction of sp³-hybridized carbons (Fsp3) is 0.538. The third kappa shape index (κ3) is 3.17. The molecule has 0 radical (unpaired) electrons. The number of rotatable bonds is 6. The Kier molecular flexibility index (Phi) is 4.10. The number of amides is 3. The Labute approximate surface area is 116 Å². The van der Waals surface area contributed by atoms with E-state index in [2.05, 4.69) is 5.32 Å². The molecule has 0 spiro atoms. The average Bonchev–Trinajstić information content (AvgIpc) is 2.93. The first-order valence-corrected chi connectivity index (χ1v) is 6.32. The molecule has 0 aliphatic carbocycles. The zero-order valence-corrected chi connectivity index (χ0v) is 11.5. The van der Waals surface area contributed by atoms with Crippen LogP contribution >= 0.6 is 0 Å². The molecule has 3 amide bonds. The van der Waals surface area contributed by atoms with Gasteiger partial charge in [0.2, 0.25) is 0 Å². The quantitative estimate of drug-likeness (QED) is 0.741. The highest BCUT2D eigenvalue weighted by Crippen LogP contribution is 2.16. The summed E-state index contributed by atoms with van der Waals surface area (Å²) in [6.45, 7) is 3.39. The standard InChI is InChI=1S/C13H18N2O5/c1-13(2)11(17)15(12(18)14-13)6-9(16)7-19-8-10-4-3-5-20-10/h3-5,9,16H,6-8H2,1-2H3,(H,14,18)/t9-/m1/s1. The third-order valence-corrected chi connectivity index (χ3v) is 2.97. The highest BCUT2D eigenvalue weighted by Gasteiger charge is 2.44. The minimum absolute atomic E-state index is 0.0121. The molecule has 0 saturated carbocycles. The van der Waals surface area contributed by atoms with Crippen molar-refractivity contribution >= 4 is 11.9 Å². The van der Waals surface area contributed by atoms with Gasteiger partial charge in [0.05, 0.1) is 25.5 Å². The van der Waals surface area contributed by atoms with Crippen LogP contribution in [0.2, 0.25) is 0 Å². The molecule has 2 heterocycles. The minimum atomic E-state index is -0.937. The molecule has 1 atom stereocenters. The van der Waals surface area contributed by atoms with Gasteiger partial charge < -0.3 is 19.6 Å². The lowest BCUT2D eigenvalue weighted by Gasteiger charge is -2.19. The molecular formula is C13H18N2O5. The summed E-state index contributed by atoms with van der Waals surface area (Å²) >= 11 is 0. The summed E-state index contributed by atoms with van der Waals surface area (Å²) in [7, 11) is 0. The van der Waals surface area contributed by atoms with Gasteiger partial charge in [0, 0.05) is 0 Å². The van der Waals surface area contributed by atoms with Gasteiger partial charge in [-0.3, -0.25) is 9.69 Å². The Morgan fingerprint density at radius 3 is 2.80 bits per heavy atom. The second-order valence-corrected chi connectivity index (χ2v) is 5.22. The number of β-amino-alcohol motifs (C(OH)–C–C–N with tert-alkyl or cyclic N) is 1. The number of hydrogen-bond donors (Lipinski definition) is 2. The fourth-order valence-electron chi connectivity index (χ4n) is 1.94.